The van der Waals surface area contributed by atoms with Gasteiger partial charge in [-0.3, -0.25) is 4.79 Å². The second kappa shape index (κ2) is 4.45. The Bertz CT molecular complexity index is 358. The molecule has 1 aromatic rings. The Hall–Kier alpha value is -1.35. The van der Waals surface area contributed by atoms with Gasteiger partial charge in [-0.15, -0.1) is 0 Å². The predicted octanol–water partition coefficient (Wildman–Crippen LogP) is 1.62. The third-order valence-electron chi connectivity index (χ3n) is 2.54. The Morgan fingerprint density at radius 1 is 1.40 bits per heavy atom. The fourth-order valence-corrected chi connectivity index (χ4v) is 1.42. The maximum atomic E-state index is 11.5. The average Bonchev–Trinajstić information content (AvgIpc) is 3.09. The second-order valence-corrected chi connectivity index (χ2v) is 3.88. The highest BCUT2D eigenvalue weighted by atomic mass is 16.5. The van der Waals surface area contributed by atoms with Crippen LogP contribution in [0.25, 0.3) is 0 Å². The van der Waals surface area contributed by atoms with Crippen molar-refractivity contribution >= 4 is 5.78 Å². The first-order valence-corrected chi connectivity index (χ1v) is 5.26. The van der Waals surface area contributed by atoms with Crippen LogP contribution < -0.4 is 10.5 Å². The highest BCUT2D eigenvalue weighted by Gasteiger charge is 2.22. The Kier molecular flexibility index (Phi) is 3.02. The van der Waals surface area contributed by atoms with E-state index in [2.05, 4.69) is 0 Å². The van der Waals surface area contributed by atoms with Crippen LogP contribution in [0, 0.1) is 5.92 Å². The van der Waals surface area contributed by atoms with Gasteiger partial charge < -0.3 is 10.5 Å². The zero-order valence-corrected chi connectivity index (χ0v) is 8.61. The molecule has 0 saturated heterocycles. The van der Waals surface area contributed by atoms with Gasteiger partial charge in [0.1, 0.15) is 5.75 Å². The number of benzene rings is 1. The minimum absolute atomic E-state index is 0.0315. The summed E-state index contributed by atoms with van der Waals surface area (Å²) in [4.78, 5) is 11.5. The number of ketones is 1. The standard InChI is InChI=1S/C12H15NO2/c13-7-11(14)10-3-1-2-4-12(10)15-8-9-5-6-9/h1-4,9H,5-8,13H2. The van der Waals surface area contributed by atoms with E-state index in [1.807, 2.05) is 18.2 Å². The summed E-state index contributed by atoms with van der Waals surface area (Å²) in [6, 6.07) is 7.28. The minimum atomic E-state index is -0.0682. The smallest absolute Gasteiger partial charge is 0.180 e. The highest BCUT2D eigenvalue weighted by Crippen LogP contribution is 2.30. The van der Waals surface area contributed by atoms with Gasteiger partial charge >= 0.3 is 0 Å². The van der Waals surface area contributed by atoms with Crippen molar-refractivity contribution in [1.82, 2.24) is 0 Å². The molecule has 1 aliphatic rings. The Balaban J connectivity index is 2.09. The SMILES string of the molecule is NCC(=O)c1ccccc1OCC1CC1. The van der Waals surface area contributed by atoms with Crippen molar-refractivity contribution in [2.75, 3.05) is 13.2 Å². The van der Waals surface area contributed by atoms with Crippen LogP contribution in [-0.2, 0) is 0 Å². The van der Waals surface area contributed by atoms with Crippen molar-refractivity contribution in [2.24, 2.45) is 11.7 Å². The molecule has 0 aromatic heterocycles. The molecule has 1 saturated carbocycles. The number of carbonyl (C=O) groups is 1. The summed E-state index contributed by atoms with van der Waals surface area (Å²) in [6.45, 7) is 0.749. The van der Waals surface area contributed by atoms with Gasteiger partial charge in [-0.1, -0.05) is 12.1 Å². The zero-order chi connectivity index (χ0) is 10.7. The lowest BCUT2D eigenvalue weighted by atomic mass is 10.1. The van der Waals surface area contributed by atoms with Crippen LogP contribution in [0.4, 0.5) is 0 Å². The summed E-state index contributed by atoms with van der Waals surface area (Å²) in [7, 11) is 0. The molecule has 0 heterocycles. The number of rotatable bonds is 5. The molecule has 3 heteroatoms. The van der Waals surface area contributed by atoms with E-state index in [1.54, 1.807) is 6.07 Å². The first-order chi connectivity index (χ1) is 7.31. The maximum Gasteiger partial charge on any atom is 0.180 e. The van der Waals surface area contributed by atoms with E-state index in [1.165, 1.54) is 12.8 Å². The Morgan fingerprint density at radius 3 is 2.80 bits per heavy atom. The van der Waals surface area contributed by atoms with Crippen LogP contribution in [-0.4, -0.2) is 18.9 Å². The van der Waals surface area contributed by atoms with Crippen LogP contribution in [0.1, 0.15) is 23.2 Å². The largest absolute Gasteiger partial charge is 0.493 e. The topological polar surface area (TPSA) is 52.3 Å². The Morgan fingerprint density at radius 2 is 2.13 bits per heavy atom. The first kappa shape index (κ1) is 10.2. The molecule has 1 fully saturated rings. The quantitative estimate of drug-likeness (QED) is 0.743. The van der Waals surface area contributed by atoms with Gasteiger partial charge in [0.2, 0.25) is 0 Å². The summed E-state index contributed by atoms with van der Waals surface area (Å²) in [6.07, 6.45) is 2.49. The van der Waals surface area contributed by atoms with E-state index in [0.29, 0.717) is 17.2 Å². The van der Waals surface area contributed by atoms with Crippen LogP contribution in [0.2, 0.25) is 0 Å². The molecule has 1 aromatic carbocycles. The Labute approximate surface area is 89.2 Å². The second-order valence-electron chi connectivity index (χ2n) is 3.88. The fourth-order valence-electron chi connectivity index (χ4n) is 1.42. The molecule has 0 spiro atoms. The van der Waals surface area contributed by atoms with Gasteiger partial charge in [0.05, 0.1) is 18.7 Å². The summed E-state index contributed by atoms with van der Waals surface area (Å²) >= 11 is 0. The average molecular weight is 205 g/mol. The van der Waals surface area contributed by atoms with Crippen LogP contribution >= 0.6 is 0 Å². The van der Waals surface area contributed by atoms with E-state index in [9.17, 15) is 4.79 Å². The molecule has 1 aliphatic carbocycles. The zero-order valence-electron chi connectivity index (χ0n) is 8.61. The molecule has 0 unspecified atom stereocenters. The lowest BCUT2D eigenvalue weighted by molar-refractivity contribution is 0.0997. The number of hydrogen-bond acceptors (Lipinski definition) is 3. The highest BCUT2D eigenvalue weighted by molar-refractivity contribution is 5.99. The number of hydrogen-bond donors (Lipinski definition) is 1. The van der Waals surface area contributed by atoms with Crippen molar-refractivity contribution in [3.05, 3.63) is 29.8 Å². The van der Waals surface area contributed by atoms with Gasteiger partial charge in [0, 0.05) is 0 Å². The predicted molar refractivity (Wildman–Crippen MR) is 58.0 cm³/mol. The molecule has 0 aliphatic heterocycles. The van der Waals surface area contributed by atoms with Crippen LogP contribution in [0.5, 0.6) is 5.75 Å². The van der Waals surface area contributed by atoms with E-state index < -0.39 is 0 Å². The molecule has 0 radical (unpaired) electrons. The van der Waals surface area contributed by atoms with E-state index in [-0.39, 0.29) is 12.3 Å². The minimum Gasteiger partial charge on any atom is -0.493 e. The van der Waals surface area contributed by atoms with E-state index >= 15 is 0 Å². The number of nitrogens with two attached hydrogens (primary N) is 1. The van der Waals surface area contributed by atoms with Crippen molar-refractivity contribution in [3.8, 4) is 5.75 Å². The summed E-state index contributed by atoms with van der Waals surface area (Å²) in [5.74, 6) is 1.28. The maximum absolute atomic E-state index is 11.5. The lowest BCUT2D eigenvalue weighted by Crippen LogP contribution is -2.15. The molecule has 2 N–H and O–H groups in total. The summed E-state index contributed by atoms with van der Waals surface area (Å²) in [5.41, 5.74) is 5.93. The van der Waals surface area contributed by atoms with Crippen molar-refractivity contribution in [3.63, 3.8) is 0 Å². The number of para-hydroxylation sites is 1. The lowest BCUT2D eigenvalue weighted by Gasteiger charge is -2.09. The monoisotopic (exact) mass is 205 g/mol. The number of Topliss-reactive ketones (excluding diaryl/α,β-unsaturated/α-hetero) is 1. The molecule has 0 bridgehead atoms. The molecule has 0 atom stereocenters. The van der Waals surface area contributed by atoms with Crippen LogP contribution in [0.3, 0.4) is 0 Å². The molecule has 2 rings (SSSR count). The molecule has 15 heavy (non-hydrogen) atoms. The summed E-state index contributed by atoms with van der Waals surface area (Å²) < 4.78 is 5.61. The first-order valence-electron chi connectivity index (χ1n) is 5.26. The third-order valence-corrected chi connectivity index (χ3v) is 2.54. The normalized spacial score (nSPS) is 15.0. The molecule has 80 valence electrons. The van der Waals surface area contributed by atoms with E-state index in [0.717, 1.165) is 6.61 Å². The molecular formula is C12H15NO2. The van der Waals surface area contributed by atoms with Gasteiger partial charge in [-0.05, 0) is 30.9 Å². The molecule has 0 amide bonds. The van der Waals surface area contributed by atoms with Crippen LogP contribution in [0.15, 0.2) is 24.3 Å². The van der Waals surface area contributed by atoms with Crippen molar-refractivity contribution in [2.45, 2.75) is 12.8 Å². The number of ether oxygens (including phenoxy) is 1. The number of carbonyl (C=O) groups excluding carboxylic acids is 1. The molecular weight excluding hydrogens is 190 g/mol. The summed E-state index contributed by atoms with van der Waals surface area (Å²) in [5, 5.41) is 0. The third kappa shape index (κ3) is 2.57. The van der Waals surface area contributed by atoms with Crippen molar-refractivity contribution in [1.29, 1.82) is 0 Å². The van der Waals surface area contributed by atoms with E-state index in [4.69, 9.17) is 10.5 Å². The van der Waals surface area contributed by atoms with Gasteiger partial charge in [0.25, 0.3) is 0 Å². The van der Waals surface area contributed by atoms with Gasteiger partial charge in [-0.25, -0.2) is 0 Å². The van der Waals surface area contributed by atoms with Gasteiger partial charge in [-0.2, -0.15) is 0 Å². The fraction of sp³-hybridized carbons (Fsp3) is 0.417. The van der Waals surface area contributed by atoms with Crippen molar-refractivity contribution < 1.29 is 9.53 Å². The molecule has 3 nitrogen and oxygen atoms in total. The van der Waals surface area contributed by atoms with Gasteiger partial charge in [0.15, 0.2) is 5.78 Å².